The number of esters is 1. The standard InChI is InChI=1S/C30H29BrN4O5S/c1-5-10-22-25(29(38)40-6-2)26(18-13-14-23(39-4)21(31)15-18)34-28(37)24(41-30(34)32-22)16-20-17(3)33-35(27(20)36)19-11-8-7-9-12-19/h7-9,11-16,20,26H,5-6,10H2,1-4H3/b24-16+/t20-,26+/m0/s1. The number of benzene rings is 2. The van der Waals surface area contributed by atoms with E-state index < -0.39 is 17.9 Å². The zero-order valence-electron chi connectivity index (χ0n) is 23.1. The number of carbonyl (C=O) groups is 2. The molecule has 41 heavy (non-hydrogen) atoms. The maximum Gasteiger partial charge on any atom is 0.338 e. The second-order valence-electron chi connectivity index (χ2n) is 9.53. The van der Waals surface area contributed by atoms with Gasteiger partial charge in [-0.25, -0.2) is 9.79 Å². The van der Waals surface area contributed by atoms with E-state index in [-0.39, 0.29) is 18.1 Å². The van der Waals surface area contributed by atoms with Crippen molar-refractivity contribution in [1.29, 1.82) is 0 Å². The van der Waals surface area contributed by atoms with Crippen LogP contribution in [-0.4, -0.2) is 35.9 Å². The average molecular weight is 638 g/mol. The molecule has 0 saturated heterocycles. The van der Waals surface area contributed by atoms with Crippen LogP contribution in [0.4, 0.5) is 5.69 Å². The highest BCUT2D eigenvalue weighted by molar-refractivity contribution is 9.10. The third-order valence-corrected chi connectivity index (χ3v) is 8.51. The molecule has 212 valence electrons. The fourth-order valence-electron chi connectivity index (χ4n) is 4.98. The average Bonchev–Trinajstić information content (AvgIpc) is 3.43. The van der Waals surface area contributed by atoms with Gasteiger partial charge >= 0.3 is 5.97 Å². The molecule has 1 amide bonds. The number of methoxy groups -OCH3 is 1. The predicted octanol–water partition coefficient (Wildman–Crippen LogP) is 4.34. The number of amides is 1. The van der Waals surface area contributed by atoms with Crippen molar-refractivity contribution in [3.63, 3.8) is 0 Å². The maximum atomic E-state index is 14.1. The number of anilines is 1. The number of allylic oxidation sites excluding steroid dienone is 1. The second-order valence-corrected chi connectivity index (χ2v) is 11.4. The Hall–Kier alpha value is -3.83. The van der Waals surface area contributed by atoms with Crippen LogP contribution in [0.1, 0.15) is 45.2 Å². The van der Waals surface area contributed by atoms with E-state index in [9.17, 15) is 14.4 Å². The van der Waals surface area contributed by atoms with E-state index in [1.165, 1.54) is 20.9 Å². The summed E-state index contributed by atoms with van der Waals surface area (Å²) >= 11 is 4.74. The summed E-state index contributed by atoms with van der Waals surface area (Å²) in [7, 11) is 1.57. The minimum absolute atomic E-state index is 0.186. The lowest BCUT2D eigenvalue weighted by molar-refractivity contribution is -0.139. The number of thiazole rings is 1. The first-order chi connectivity index (χ1) is 19.8. The van der Waals surface area contributed by atoms with E-state index in [2.05, 4.69) is 21.0 Å². The van der Waals surface area contributed by atoms with Crippen molar-refractivity contribution < 1.29 is 19.1 Å². The molecule has 0 unspecified atom stereocenters. The summed E-state index contributed by atoms with van der Waals surface area (Å²) in [5.74, 6) is -0.841. The Morgan fingerprint density at radius 1 is 1.15 bits per heavy atom. The summed E-state index contributed by atoms with van der Waals surface area (Å²) in [6, 6.07) is 13.8. The first-order valence-electron chi connectivity index (χ1n) is 13.3. The topological polar surface area (TPSA) is 103 Å². The molecule has 0 fully saturated rings. The molecule has 11 heteroatoms. The van der Waals surface area contributed by atoms with Crippen molar-refractivity contribution >= 4 is 56.6 Å². The molecule has 2 atom stereocenters. The van der Waals surface area contributed by atoms with Gasteiger partial charge in [-0.05, 0) is 72.1 Å². The van der Waals surface area contributed by atoms with E-state index in [0.717, 1.165) is 6.42 Å². The number of carbonyl (C=O) groups excluding carboxylic acids is 2. The lowest BCUT2D eigenvalue weighted by Gasteiger charge is -2.26. The van der Waals surface area contributed by atoms with Crippen molar-refractivity contribution in [3.05, 3.63) is 89.5 Å². The fraction of sp³-hybridized carbons (Fsp3) is 0.300. The number of fused-ring (bicyclic) bond motifs is 1. The highest BCUT2D eigenvalue weighted by Crippen LogP contribution is 2.36. The summed E-state index contributed by atoms with van der Waals surface area (Å²) in [5.41, 5.74) is 2.50. The molecule has 1 aromatic heterocycles. The summed E-state index contributed by atoms with van der Waals surface area (Å²) < 4.78 is 13.4. The van der Waals surface area contributed by atoms with Gasteiger partial charge in [0.25, 0.3) is 11.5 Å². The van der Waals surface area contributed by atoms with Gasteiger partial charge in [-0.1, -0.05) is 48.9 Å². The molecule has 3 heterocycles. The quantitative estimate of drug-likeness (QED) is 0.342. The van der Waals surface area contributed by atoms with Crippen molar-refractivity contribution in [2.45, 2.75) is 39.7 Å². The molecule has 0 radical (unpaired) electrons. The number of hydrogen-bond donors (Lipinski definition) is 0. The van der Waals surface area contributed by atoms with Crippen molar-refractivity contribution in [3.8, 4) is 5.75 Å². The van der Waals surface area contributed by atoms with Crippen LogP contribution < -0.4 is 24.6 Å². The number of para-hydroxylation sites is 1. The molecule has 0 aliphatic carbocycles. The first kappa shape index (κ1) is 28.7. The number of rotatable bonds is 8. The molecule has 2 aliphatic rings. The van der Waals surface area contributed by atoms with E-state index in [1.54, 1.807) is 33.1 Å². The van der Waals surface area contributed by atoms with Crippen LogP contribution in [0.3, 0.4) is 0 Å². The summed E-state index contributed by atoms with van der Waals surface area (Å²) in [6.07, 6.45) is 2.94. The minimum atomic E-state index is -0.772. The highest BCUT2D eigenvalue weighted by atomic mass is 79.9. The maximum absolute atomic E-state index is 14.1. The summed E-state index contributed by atoms with van der Waals surface area (Å²) in [4.78, 5) is 46.0. The van der Waals surface area contributed by atoms with Gasteiger partial charge in [-0.15, -0.1) is 0 Å². The smallest absolute Gasteiger partial charge is 0.338 e. The SMILES string of the molecule is CCCC1=C(C(=O)OCC)[C@@H](c2ccc(OC)c(Br)c2)n2c(s/c(=C/[C@@H]3C(=O)N(c4ccccc4)N=C3C)c2=O)=N1. The Morgan fingerprint density at radius 3 is 2.56 bits per heavy atom. The Labute approximate surface area is 249 Å². The van der Waals surface area contributed by atoms with Gasteiger partial charge in [-0.2, -0.15) is 10.1 Å². The van der Waals surface area contributed by atoms with Crippen LogP contribution in [-0.2, 0) is 14.3 Å². The number of hydrogen-bond acceptors (Lipinski definition) is 8. The van der Waals surface area contributed by atoms with E-state index in [1.807, 2.05) is 49.4 Å². The lowest BCUT2D eigenvalue weighted by atomic mass is 9.94. The molecule has 2 aliphatic heterocycles. The second kappa shape index (κ2) is 12.0. The Kier molecular flexibility index (Phi) is 8.37. The third-order valence-electron chi connectivity index (χ3n) is 6.89. The van der Waals surface area contributed by atoms with Crippen LogP contribution in [0.5, 0.6) is 5.75 Å². The highest BCUT2D eigenvalue weighted by Gasteiger charge is 2.36. The number of ether oxygens (including phenoxy) is 2. The number of aromatic nitrogens is 1. The molecule has 9 nitrogen and oxygen atoms in total. The first-order valence-corrected chi connectivity index (χ1v) is 14.9. The monoisotopic (exact) mass is 636 g/mol. The van der Waals surface area contributed by atoms with Gasteiger partial charge in [0.15, 0.2) is 4.80 Å². The molecular formula is C30H29BrN4O5S. The van der Waals surface area contributed by atoms with E-state index in [0.29, 0.717) is 54.2 Å². The molecule has 0 spiro atoms. The normalized spacial score (nSPS) is 18.8. The summed E-state index contributed by atoms with van der Waals surface area (Å²) in [5, 5.41) is 5.83. The molecule has 0 saturated carbocycles. The van der Waals surface area contributed by atoms with Crippen LogP contribution >= 0.6 is 27.3 Å². The van der Waals surface area contributed by atoms with Gasteiger partial charge in [0.05, 0.1) is 51.4 Å². The third kappa shape index (κ3) is 5.31. The number of hydrazone groups is 1. The largest absolute Gasteiger partial charge is 0.496 e. The van der Waals surface area contributed by atoms with Crippen LogP contribution in [0.25, 0.3) is 6.08 Å². The summed E-state index contributed by atoms with van der Waals surface area (Å²) in [6.45, 7) is 5.71. The van der Waals surface area contributed by atoms with Gasteiger partial charge in [0, 0.05) is 0 Å². The van der Waals surface area contributed by atoms with Gasteiger partial charge in [0.2, 0.25) is 0 Å². The predicted molar refractivity (Wildman–Crippen MR) is 162 cm³/mol. The Morgan fingerprint density at radius 2 is 1.90 bits per heavy atom. The van der Waals surface area contributed by atoms with E-state index >= 15 is 0 Å². The zero-order valence-corrected chi connectivity index (χ0v) is 25.5. The van der Waals surface area contributed by atoms with Crippen LogP contribution in [0.2, 0.25) is 0 Å². The molecule has 5 rings (SSSR count). The molecule has 3 aromatic rings. The molecule has 2 aromatic carbocycles. The van der Waals surface area contributed by atoms with Crippen molar-refractivity contribution in [2.24, 2.45) is 16.0 Å². The van der Waals surface area contributed by atoms with Gasteiger partial charge in [-0.3, -0.25) is 14.2 Å². The number of halogens is 1. The van der Waals surface area contributed by atoms with E-state index in [4.69, 9.17) is 14.5 Å². The van der Waals surface area contributed by atoms with Gasteiger partial charge < -0.3 is 9.47 Å². The molecule has 0 N–H and O–H groups in total. The zero-order chi connectivity index (χ0) is 29.3. The van der Waals surface area contributed by atoms with Crippen LogP contribution in [0.15, 0.2) is 79.2 Å². The Balaban J connectivity index is 1.68. The van der Waals surface area contributed by atoms with Crippen molar-refractivity contribution in [1.82, 2.24) is 4.57 Å². The molecular weight excluding hydrogens is 608 g/mol. The van der Waals surface area contributed by atoms with Crippen LogP contribution in [0, 0.1) is 5.92 Å². The van der Waals surface area contributed by atoms with Gasteiger partial charge in [0.1, 0.15) is 11.7 Å². The number of nitrogens with zero attached hydrogens (tertiary/aromatic N) is 4. The fourth-order valence-corrected chi connectivity index (χ4v) is 6.57. The minimum Gasteiger partial charge on any atom is -0.496 e. The van der Waals surface area contributed by atoms with Crippen molar-refractivity contribution in [2.75, 3.05) is 18.7 Å². The molecule has 0 bridgehead atoms. The Bertz CT molecular complexity index is 1760. The lowest BCUT2D eigenvalue weighted by Crippen LogP contribution is -2.40.